The van der Waals surface area contributed by atoms with Crippen molar-refractivity contribution < 1.29 is 5.11 Å². The highest BCUT2D eigenvalue weighted by atomic mass is 16.3. The number of fused-ring (bicyclic) bond motifs is 5. The molecule has 0 bridgehead atoms. The molecule has 1 heteroatoms. The van der Waals surface area contributed by atoms with Gasteiger partial charge in [-0.2, -0.15) is 0 Å². The van der Waals surface area contributed by atoms with Gasteiger partial charge in [-0.25, -0.2) is 0 Å². The van der Waals surface area contributed by atoms with E-state index in [9.17, 15) is 5.11 Å². The van der Waals surface area contributed by atoms with Crippen molar-refractivity contribution in [1.82, 2.24) is 0 Å². The molecule has 0 aromatic carbocycles. The molecule has 0 spiro atoms. The van der Waals surface area contributed by atoms with Crippen molar-refractivity contribution in [3.05, 3.63) is 47.1 Å². The van der Waals surface area contributed by atoms with Gasteiger partial charge in [0.2, 0.25) is 0 Å². The van der Waals surface area contributed by atoms with Gasteiger partial charge in [0.05, 0.1) is 6.10 Å². The summed E-state index contributed by atoms with van der Waals surface area (Å²) in [5.74, 6) is 2.91. The Morgan fingerprint density at radius 1 is 1.17 bits per heavy atom. The molecule has 0 aromatic heterocycles. The monoisotopic (exact) mass is 394 g/mol. The average molecular weight is 395 g/mol. The number of hydrogen-bond donors (Lipinski definition) is 1. The number of hydrogen-bond acceptors (Lipinski definition) is 1. The van der Waals surface area contributed by atoms with Crippen molar-refractivity contribution in [2.75, 3.05) is 0 Å². The summed E-state index contributed by atoms with van der Waals surface area (Å²) >= 11 is 0. The topological polar surface area (TPSA) is 20.2 Å². The summed E-state index contributed by atoms with van der Waals surface area (Å²) in [5, 5.41) is 10.2. The molecule has 1 N–H and O–H groups in total. The zero-order valence-corrected chi connectivity index (χ0v) is 19.4. The molecular formula is C28H42O. The van der Waals surface area contributed by atoms with Gasteiger partial charge in [0.25, 0.3) is 0 Å². The zero-order chi connectivity index (χ0) is 21.0. The largest absolute Gasteiger partial charge is 0.393 e. The number of aliphatic hydroxyl groups is 1. The van der Waals surface area contributed by atoms with Gasteiger partial charge in [-0.05, 0) is 91.6 Å². The second-order valence-corrected chi connectivity index (χ2v) is 11.4. The van der Waals surface area contributed by atoms with Crippen LogP contribution < -0.4 is 0 Å². The first-order valence-corrected chi connectivity index (χ1v) is 12.1. The maximum absolute atomic E-state index is 10.2. The maximum Gasteiger partial charge on any atom is 0.0578 e. The fourth-order valence-corrected chi connectivity index (χ4v) is 7.23. The molecule has 3 unspecified atom stereocenters. The number of rotatable bonds is 5. The maximum atomic E-state index is 10.2. The van der Waals surface area contributed by atoms with Crippen molar-refractivity contribution in [2.45, 2.75) is 92.1 Å². The minimum Gasteiger partial charge on any atom is -0.393 e. The summed E-state index contributed by atoms with van der Waals surface area (Å²) in [6, 6.07) is 0. The molecule has 4 aliphatic rings. The Kier molecular flexibility index (Phi) is 5.52. The number of allylic oxidation sites excluding steroid dienone is 6. The second kappa shape index (κ2) is 7.56. The summed E-state index contributed by atoms with van der Waals surface area (Å²) in [6.45, 7) is 16.4. The molecule has 0 heterocycles. The van der Waals surface area contributed by atoms with Gasteiger partial charge in [-0.3, -0.25) is 0 Å². The van der Waals surface area contributed by atoms with Crippen LogP contribution >= 0.6 is 0 Å². The SMILES string of the molecule is C=C(CCC(C)C1CCC2C3=CC=C4C[C@@H](O)CC[C@]4(C)C3=CC[C@@]21C)C(C)C. The van der Waals surface area contributed by atoms with E-state index in [4.69, 9.17) is 0 Å². The number of aliphatic hydroxyl groups excluding tert-OH is 1. The van der Waals surface area contributed by atoms with Gasteiger partial charge in [-0.1, -0.05) is 70.6 Å². The lowest BCUT2D eigenvalue weighted by atomic mass is 9.54. The molecule has 2 saturated carbocycles. The lowest BCUT2D eigenvalue weighted by Gasteiger charge is -2.50. The van der Waals surface area contributed by atoms with Crippen LogP contribution in [0.1, 0.15) is 86.0 Å². The summed E-state index contributed by atoms with van der Waals surface area (Å²) in [5.41, 5.74) is 6.72. The first kappa shape index (κ1) is 21.2. The first-order chi connectivity index (χ1) is 13.7. The summed E-state index contributed by atoms with van der Waals surface area (Å²) in [6.07, 6.45) is 16.6. The molecule has 2 fully saturated rings. The van der Waals surface area contributed by atoms with Crippen LogP contribution in [-0.4, -0.2) is 11.2 Å². The third kappa shape index (κ3) is 3.42. The zero-order valence-electron chi connectivity index (χ0n) is 19.4. The Bertz CT molecular complexity index is 765. The van der Waals surface area contributed by atoms with Crippen LogP contribution in [-0.2, 0) is 0 Å². The molecule has 0 radical (unpaired) electrons. The summed E-state index contributed by atoms with van der Waals surface area (Å²) < 4.78 is 0. The van der Waals surface area contributed by atoms with Crippen molar-refractivity contribution in [3.63, 3.8) is 0 Å². The lowest BCUT2D eigenvalue weighted by Crippen LogP contribution is -2.41. The molecule has 1 nitrogen and oxygen atoms in total. The molecule has 0 aromatic rings. The van der Waals surface area contributed by atoms with Gasteiger partial charge < -0.3 is 5.11 Å². The van der Waals surface area contributed by atoms with Crippen LogP contribution in [0.4, 0.5) is 0 Å². The molecule has 160 valence electrons. The predicted molar refractivity (Wildman–Crippen MR) is 124 cm³/mol. The first-order valence-electron chi connectivity index (χ1n) is 12.1. The standard InChI is InChI=1S/C28H42O/c1-18(2)19(3)7-8-20(4)24-11-12-25-23-10-9-21-17-22(29)13-15-27(21,5)26(23)14-16-28(24,25)6/h9-10,14,18,20,22,24-25,29H,3,7-8,11-13,15-17H2,1-2,4-6H3/t20?,22-,24?,25?,27-,28+/m0/s1. The average Bonchev–Trinajstić information content (AvgIpc) is 3.03. The second-order valence-electron chi connectivity index (χ2n) is 11.4. The molecule has 0 saturated heterocycles. The van der Waals surface area contributed by atoms with E-state index in [1.807, 2.05) is 0 Å². The van der Waals surface area contributed by atoms with Gasteiger partial charge in [0.15, 0.2) is 0 Å². The van der Waals surface area contributed by atoms with E-state index in [2.05, 4.69) is 59.4 Å². The molecule has 4 aliphatic carbocycles. The van der Waals surface area contributed by atoms with Gasteiger partial charge in [0.1, 0.15) is 0 Å². The van der Waals surface area contributed by atoms with Crippen LogP contribution in [0, 0.1) is 34.5 Å². The van der Waals surface area contributed by atoms with E-state index in [1.165, 1.54) is 43.3 Å². The van der Waals surface area contributed by atoms with Crippen LogP contribution in [0.3, 0.4) is 0 Å². The summed E-state index contributed by atoms with van der Waals surface area (Å²) in [4.78, 5) is 0. The van der Waals surface area contributed by atoms with E-state index in [0.29, 0.717) is 17.3 Å². The summed E-state index contributed by atoms with van der Waals surface area (Å²) in [7, 11) is 0. The fraction of sp³-hybridized carbons (Fsp3) is 0.714. The van der Waals surface area contributed by atoms with Crippen LogP contribution in [0.5, 0.6) is 0 Å². The Morgan fingerprint density at radius 2 is 1.93 bits per heavy atom. The smallest absolute Gasteiger partial charge is 0.0578 e. The fourth-order valence-electron chi connectivity index (χ4n) is 7.23. The predicted octanol–water partition coefficient (Wildman–Crippen LogP) is 7.40. The minimum atomic E-state index is -0.143. The van der Waals surface area contributed by atoms with Crippen LogP contribution in [0.15, 0.2) is 47.1 Å². The van der Waals surface area contributed by atoms with E-state index < -0.39 is 0 Å². The van der Waals surface area contributed by atoms with Crippen LogP contribution in [0.2, 0.25) is 0 Å². The van der Waals surface area contributed by atoms with Gasteiger partial charge in [0, 0.05) is 5.41 Å². The third-order valence-electron chi connectivity index (χ3n) is 9.47. The van der Waals surface area contributed by atoms with Crippen LogP contribution in [0.25, 0.3) is 0 Å². The molecule has 4 rings (SSSR count). The van der Waals surface area contributed by atoms with E-state index >= 15 is 0 Å². The van der Waals surface area contributed by atoms with Gasteiger partial charge in [-0.15, -0.1) is 0 Å². The van der Waals surface area contributed by atoms with E-state index in [0.717, 1.165) is 31.1 Å². The lowest BCUT2D eigenvalue weighted by molar-refractivity contribution is 0.107. The Labute approximate surface area is 179 Å². The van der Waals surface area contributed by atoms with Gasteiger partial charge >= 0.3 is 0 Å². The Balaban J connectivity index is 1.56. The van der Waals surface area contributed by atoms with Crippen molar-refractivity contribution >= 4 is 0 Å². The Morgan fingerprint density at radius 3 is 2.66 bits per heavy atom. The highest BCUT2D eigenvalue weighted by Gasteiger charge is 2.54. The van der Waals surface area contributed by atoms with Crippen molar-refractivity contribution in [2.24, 2.45) is 34.5 Å². The molecular weight excluding hydrogens is 352 g/mol. The van der Waals surface area contributed by atoms with Crippen molar-refractivity contribution in [1.29, 1.82) is 0 Å². The highest BCUT2D eigenvalue weighted by molar-refractivity contribution is 5.53. The highest BCUT2D eigenvalue weighted by Crippen LogP contribution is 2.64. The molecule has 6 atom stereocenters. The quantitative estimate of drug-likeness (QED) is 0.482. The van der Waals surface area contributed by atoms with E-state index in [1.54, 1.807) is 11.1 Å². The minimum absolute atomic E-state index is 0.143. The molecule has 29 heavy (non-hydrogen) atoms. The molecule has 0 aliphatic heterocycles. The molecule has 0 amide bonds. The normalized spacial score (nSPS) is 39.7. The van der Waals surface area contributed by atoms with E-state index in [-0.39, 0.29) is 11.5 Å². The third-order valence-corrected chi connectivity index (χ3v) is 9.47. The van der Waals surface area contributed by atoms with Crippen molar-refractivity contribution in [3.8, 4) is 0 Å². The Hall–Kier alpha value is -1.08.